The van der Waals surface area contributed by atoms with Crippen molar-refractivity contribution in [1.82, 2.24) is 10.3 Å². The second kappa shape index (κ2) is 7.48. The lowest BCUT2D eigenvalue weighted by Gasteiger charge is -2.29. The Kier molecular flexibility index (Phi) is 5.14. The van der Waals surface area contributed by atoms with Crippen LogP contribution in [-0.4, -0.2) is 37.2 Å². The number of hydrogen-bond donors (Lipinski definition) is 2. The van der Waals surface area contributed by atoms with E-state index in [1.807, 2.05) is 4.90 Å². The third-order valence-corrected chi connectivity index (χ3v) is 4.12. The largest absolute Gasteiger partial charge is 0.378 e. The number of carbonyl (C=O) groups excluding carboxylic acids is 1. The van der Waals surface area contributed by atoms with Crippen LogP contribution >= 0.6 is 0 Å². The van der Waals surface area contributed by atoms with E-state index in [4.69, 9.17) is 4.74 Å². The number of benzene rings is 1. The van der Waals surface area contributed by atoms with Gasteiger partial charge in [0.2, 0.25) is 0 Å². The van der Waals surface area contributed by atoms with Gasteiger partial charge in [-0.1, -0.05) is 6.07 Å². The minimum Gasteiger partial charge on any atom is -0.378 e. The van der Waals surface area contributed by atoms with Gasteiger partial charge in [0.05, 0.1) is 18.9 Å². The van der Waals surface area contributed by atoms with E-state index in [1.54, 1.807) is 25.1 Å². The first-order chi connectivity index (χ1) is 12.0. The molecule has 1 saturated heterocycles. The number of hydrogen-bond acceptors (Lipinski definition) is 4. The Morgan fingerprint density at radius 3 is 2.72 bits per heavy atom. The summed E-state index contributed by atoms with van der Waals surface area (Å²) in [6.07, 6.45) is 0. The van der Waals surface area contributed by atoms with Crippen molar-refractivity contribution in [2.45, 2.75) is 13.5 Å². The fraction of sp³-hybridized carbons (Fsp3) is 0.333. The number of nitrogens with one attached hydrogen (secondary N) is 2. The molecule has 0 spiro atoms. The lowest BCUT2D eigenvalue weighted by molar-refractivity contribution is 0.0949. The number of carbonyl (C=O) groups is 1. The first kappa shape index (κ1) is 17.2. The van der Waals surface area contributed by atoms with Crippen LogP contribution in [0.2, 0.25) is 0 Å². The van der Waals surface area contributed by atoms with Crippen molar-refractivity contribution < 1.29 is 13.9 Å². The SMILES string of the molecule is Cc1ccc(C(=O)NCc2ccc(N3CCOCC3)c(F)c2)c(=O)[nH]1. The third kappa shape index (κ3) is 4.06. The Hall–Kier alpha value is -2.67. The summed E-state index contributed by atoms with van der Waals surface area (Å²) in [5.41, 5.74) is 1.45. The predicted molar refractivity (Wildman–Crippen MR) is 92.4 cm³/mol. The van der Waals surface area contributed by atoms with Crippen molar-refractivity contribution in [3.63, 3.8) is 0 Å². The highest BCUT2D eigenvalue weighted by molar-refractivity contribution is 5.93. The van der Waals surface area contributed by atoms with Gasteiger partial charge in [-0.05, 0) is 36.8 Å². The molecular formula is C18H20FN3O3. The van der Waals surface area contributed by atoms with Crippen LogP contribution < -0.4 is 15.8 Å². The second-order valence-electron chi connectivity index (χ2n) is 5.95. The van der Waals surface area contributed by atoms with Crippen molar-refractivity contribution in [2.24, 2.45) is 0 Å². The normalized spacial score (nSPS) is 14.4. The Morgan fingerprint density at radius 2 is 2.04 bits per heavy atom. The predicted octanol–water partition coefficient (Wildman–Crippen LogP) is 1.59. The molecule has 7 heteroatoms. The molecular weight excluding hydrogens is 325 g/mol. The highest BCUT2D eigenvalue weighted by atomic mass is 19.1. The molecule has 132 valence electrons. The number of pyridine rings is 1. The van der Waals surface area contributed by atoms with E-state index in [1.165, 1.54) is 12.1 Å². The molecule has 0 bridgehead atoms. The van der Waals surface area contributed by atoms with Gasteiger partial charge >= 0.3 is 0 Å². The van der Waals surface area contributed by atoms with Crippen LogP contribution in [0.1, 0.15) is 21.6 Å². The number of ether oxygens (including phenoxy) is 1. The number of H-pyrrole nitrogens is 1. The van der Waals surface area contributed by atoms with Crippen molar-refractivity contribution >= 4 is 11.6 Å². The topological polar surface area (TPSA) is 74.4 Å². The number of rotatable bonds is 4. The molecule has 1 aliphatic heterocycles. The number of morpholine rings is 1. The van der Waals surface area contributed by atoms with Gasteiger partial charge in [0.25, 0.3) is 11.5 Å². The molecule has 0 unspecified atom stereocenters. The molecule has 0 radical (unpaired) electrons. The average Bonchev–Trinajstić information content (AvgIpc) is 2.60. The molecule has 6 nitrogen and oxygen atoms in total. The number of aryl methyl sites for hydroxylation is 1. The van der Waals surface area contributed by atoms with E-state index in [0.717, 1.165) is 0 Å². The van der Waals surface area contributed by atoms with E-state index in [2.05, 4.69) is 10.3 Å². The van der Waals surface area contributed by atoms with Crippen LogP contribution in [-0.2, 0) is 11.3 Å². The molecule has 25 heavy (non-hydrogen) atoms. The van der Waals surface area contributed by atoms with Crippen molar-refractivity contribution in [1.29, 1.82) is 0 Å². The molecule has 0 atom stereocenters. The Balaban J connectivity index is 1.66. The number of halogens is 1. The van der Waals surface area contributed by atoms with Crippen molar-refractivity contribution in [2.75, 3.05) is 31.2 Å². The minimum atomic E-state index is -0.487. The van der Waals surface area contributed by atoms with E-state index in [0.29, 0.717) is 43.2 Å². The summed E-state index contributed by atoms with van der Waals surface area (Å²) >= 11 is 0. The second-order valence-corrected chi connectivity index (χ2v) is 5.95. The molecule has 1 aliphatic rings. The highest BCUT2D eigenvalue weighted by Crippen LogP contribution is 2.21. The summed E-state index contributed by atoms with van der Waals surface area (Å²) in [6, 6.07) is 8.03. The van der Waals surface area contributed by atoms with Crippen LogP contribution in [0.4, 0.5) is 10.1 Å². The maximum Gasteiger partial charge on any atom is 0.260 e. The maximum atomic E-state index is 14.3. The standard InChI is InChI=1S/C18H20FN3O3/c1-12-2-4-14(18(24)21-12)17(23)20-11-13-3-5-16(15(19)10-13)22-6-8-25-9-7-22/h2-5,10H,6-9,11H2,1H3,(H,20,23)(H,21,24). The fourth-order valence-electron chi connectivity index (χ4n) is 2.75. The Bertz CT molecular complexity index is 829. The van der Waals surface area contributed by atoms with Gasteiger partial charge in [0.15, 0.2) is 0 Å². The number of aromatic nitrogens is 1. The lowest BCUT2D eigenvalue weighted by atomic mass is 10.1. The molecule has 1 aromatic carbocycles. The van der Waals surface area contributed by atoms with E-state index < -0.39 is 11.5 Å². The zero-order chi connectivity index (χ0) is 17.8. The summed E-state index contributed by atoms with van der Waals surface area (Å²) in [4.78, 5) is 28.4. The summed E-state index contributed by atoms with van der Waals surface area (Å²) in [6.45, 7) is 4.37. The van der Waals surface area contributed by atoms with Gasteiger partial charge in [-0.15, -0.1) is 0 Å². The number of nitrogens with zero attached hydrogens (tertiary/aromatic N) is 1. The maximum absolute atomic E-state index is 14.3. The number of aromatic amines is 1. The lowest BCUT2D eigenvalue weighted by Crippen LogP contribution is -2.36. The average molecular weight is 345 g/mol. The summed E-state index contributed by atoms with van der Waals surface area (Å²) in [7, 11) is 0. The van der Waals surface area contributed by atoms with Crippen LogP contribution in [0.25, 0.3) is 0 Å². The van der Waals surface area contributed by atoms with Gasteiger partial charge in [-0.2, -0.15) is 0 Å². The fourth-order valence-corrected chi connectivity index (χ4v) is 2.75. The molecule has 1 amide bonds. The zero-order valence-corrected chi connectivity index (χ0v) is 14.0. The summed E-state index contributed by atoms with van der Waals surface area (Å²) in [5, 5.41) is 2.64. The highest BCUT2D eigenvalue weighted by Gasteiger charge is 2.16. The van der Waals surface area contributed by atoms with E-state index >= 15 is 0 Å². The van der Waals surface area contributed by atoms with Gasteiger partial charge in [0, 0.05) is 25.3 Å². The number of amides is 1. The van der Waals surface area contributed by atoms with Crippen molar-refractivity contribution in [3.05, 3.63) is 63.3 Å². The van der Waals surface area contributed by atoms with Crippen LogP contribution in [0.5, 0.6) is 0 Å². The molecule has 0 saturated carbocycles. The van der Waals surface area contributed by atoms with Gasteiger partial charge in [-0.3, -0.25) is 9.59 Å². The smallest absolute Gasteiger partial charge is 0.260 e. The molecule has 0 aliphatic carbocycles. The van der Waals surface area contributed by atoms with Crippen LogP contribution in [0.3, 0.4) is 0 Å². The minimum absolute atomic E-state index is 0.0380. The summed E-state index contributed by atoms with van der Waals surface area (Å²) < 4.78 is 19.6. The van der Waals surface area contributed by atoms with E-state index in [9.17, 15) is 14.0 Å². The molecule has 2 N–H and O–H groups in total. The third-order valence-electron chi connectivity index (χ3n) is 4.12. The first-order valence-corrected chi connectivity index (χ1v) is 8.14. The van der Waals surface area contributed by atoms with Crippen molar-refractivity contribution in [3.8, 4) is 0 Å². The van der Waals surface area contributed by atoms with Gasteiger partial charge in [-0.25, -0.2) is 4.39 Å². The Labute approximate surface area is 144 Å². The van der Waals surface area contributed by atoms with Crippen LogP contribution in [0.15, 0.2) is 35.1 Å². The van der Waals surface area contributed by atoms with Gasteiger partial charge in [0.1, 0.15) is 11.4 Å². The van der Waals surface area contributed by atoms with Crippen LogP contribution in [0, 0.1) is 12.7 Å². The molecule has 2 aromatic rings. The Morgan fingerprint density at radius 1 is 1.28 bits per heavy atom. The van der Waals surface area contributed by atoms with E-state index in [-0.39, 0.29) is 17.9 Å². The summed E-state index contributed by atoms with van der Waals surface area (Å²) in [5.74, 6) is -0.819. The number of anilines is 1. The molecule has 1 fully saturated rings. The molecule has 3 rings (SSSR count). The first-order valence-electron chi connectivity index (χ1n) is 8.14. The molecule has 2 heterocycles. The monoisotopic (exact) mass is 345 g/mol. The molecule has 1 aromatic heterocycles. The van der Waals surface area contributed by atoms with Gasteiger partial charge < -0.3 is 19.9 Å². The quantitative estimate of drug-likeness (QED) is 0.882. The zero-order valence-electron chi connectivity index (χ0n) is 14.0.